The van der Waals surface area contributed by atoms with Crippen LogP contribution in [0.25, 0.3) is 5.69 Å². The molecule has 1 saturated heterocycles. The number of carbonyl (C=O) groups excluding carboxylic acids is 1. The van der Waals surface area contributed by atoms with Crippen LogP contribution in [0.4, 0.5) is 5.82 Å². The molecule has 1 amide bonds. The number of aromatic nitrogens is 2. The summed E-state index contributed by atoms with van der Waals surface area (Å²) in [6, 6.07) is 16.5. The van der Waals surface area contributed by atoms with E-state index in [2.05, 4.69) is 27.9 Å². The molecule has 0 aliphatic carbocycles. The Hall–Kier alpha value is -2.44. The van der Waals surface area contributed by atoms with Crippen molar-refractivity contribution in [3.05, 3.63) is 64.5 Å². The molecule has 26 heavy (non-hydrogen) atoms. The van der Waals surface area contributed by atoms with Crippen LogP contribution >= 0.6 is 11.3 Å². The van der Waals surface area contributed by atoms with Gasteiger partial charge < -0.3 is 10.2 Å². The Kier molecular flexibility index (Phi) is 4.86. The van der Waals surface area contributed by atoms with E-state index in [1.165, 1.54) is 16.2 Å². The van der Waals surface area contributed by atoms with Gasteiger partial charge in [-0.25, -0.2) is 4.68 Å². The van der Waals surface area contributed by atoms with Crippen molar-refractivity contribution in [3.8, 4) is 5.69 Å². The Balaban J connectivity index is 1.47. The quantitative estimate of drug-likeness (QED) is 0.728. The average Bonchev–Trinajstić information content (AvgIpc) is 3.36. The SMILES string of the molecule is Cc1cc(NC(=O)C[NH+]2CCC[C@H]2c2cccs2)n(-c2ccccc2)n1. The van der Waals surface area contributed by atoms with Gasteiger partial charge >= 0.3 is 0 Å². The van der Waals surface area contributed by atoms with Gasteiger partial charge in [0.2, 0.25) is 0 Å². The van der Waals surface area contributed by atoms with Gasteiger partial charge in [-0.05, 0) is 30.5 Å². The largest absolute Gasteiger partial charge is 0.320 e. The summed E-state index contributed by atoms with van der Waals surface area (Å²) >= 11 is 1.79. The average molecular weight is 367 g/mol. The third kappa shape index (κ3) is 3.57. The molecule has 2 atom stereocenters. The second-order valence-electron chi connectivity index (χ2n) is 6.76. The third-order valence-corrected chi connectivity index (χ3v) is 5.84. The predicted molar refractivity (Wildman–Crippen MR) is 104 cm³/mol. The van der Waals surface area contributed by atoms with E-state index in [0.29, 0.717) is 12.6 Å². The fraction of sp³-hybridized carbons (Fsp3) is 0.300. The van der Waals surface area contributed by atoms with E-state index in [-0.39, 0.29) is 5.91 Å². The molecule has 4 rings (SSSR count). The van der Waals surface area contributed by atoms with Gasteiger partial charge in [0, 0.05) is 18.9 Å². The summed E-state index contributed by atoms with van der Waals surface area (Å²) in [5.74, 6) is 0.769. The smallest absolute Gasteiger partial charge is 0.280 e. The van der Waals surface area contributed by atoms with Gasteiger partial charge in [-0.2, -0.15) is 5.10 Å². The standard InChI is InChI=1S/C20H22N4OS/c1-15-13-19(24(22-15)16-7-3-2-4-8-16)21-20(25)14-23-11-5-9-17(23)18-10-6-12-26-18/h2-4,6-8,10,12-13,17H,5,9,11,14H2,1H3,(H,21,25)/p+1/t17-/m0/s1. The van der Waals surface area contributed by atoms with Crippen molar-refractivity contribution in [2.75, 3.05) is 18.4 Å². The van der Waals surface area contributed by atoms with Crippen molar-refractivity contribution >= 4 is 23.1 Å². The first kappa shape index (κ1) is 17.0. The van der Waals surface area contributed by atoms with E-state index in [1.807, 2.05) is 43.3 Å². The number of hydrogen-bond donors (Lipinski definition) is 2. The Bertz CT molecular complexity index is 873. The van der Waals surface area contributed by atoms with Crippen molar-refractivity contribution in [2.24, 2.45) is 0 Å². The monoisotopic (exact) mass is 367 g/mol. The normalized spacial score (nSPS) is 19.6. The van der Waals surface area contributed by atoms with Gasteiger partial charge in [-0.3, -0.25) is 4.79 Å². The Labute approximate surface area is 157 Å². The highest BCUT2D eigenvalue weighted by molar-refractivity contribution is 7.10. The highest BCUT2D eigenvalue weighted by Crippen LogP contribution is 2.23. The van der Waals surface area contributed by atoms with E-state index in [4.69, 9.17) is 0 Å². The summed E-state index contributed by atoms with van der Waals surface area (Å²) in [6.45, 7) is 3.47. The summed E-state index contributed by atoms with van der Waals surface area (Å²) in [6.07, 6.45) is 2.33. The summed E-state index contributed by atoms with van der Waals surface area (Å²) in [4.78, 5) is 15.4. The topological polar surface area (TPSA) is 51.4 Å². The van der Waals surface area contributed by atoms with Crippen LogP contribution in [0.1, 0.15) is 29.5 Å². The van der Waals surface area contributed by atoms with Crippen molar-refractivity contribution in [2.45, 2.75) is 25.8 Å². The summed E-state index contributed by atoms with van der Waals surface area (Å²) in [5, 5.41) is 9.70. The first-order valence-electron chi connectivity index (χ1n) is 9.00. The van der Waals surface area contributed by atoms with Crippen LogP contribution in [0.3, 0.4) is 0 Å². The second-order valence-corrected chi connectivity index (χ2v) is 7.74. The number of quaternary nitrogens is 1. The minimum absolute atomic E-state index is 0.0422. The molecule has 0 bridgehead atoms. The zero-order valence-corrected chi connectivity index (χ0v) is 15.6. The zero-order chi connectivity index (χ0) is 17.9. The number of nitrogens with zero attached hydrogens (tertiary/aromatic N) is 2. The lowest BCUT2D eigenvalue weighted by atomic mass is 10.2. The lowest BCUT2D eigenvalue weighted by molar-refractivity contribution is -0.910. The molecule has 3 aromatic rings. The van der Waals surface area contributed by atoms with Crippen LogP contribution in [-0.2, 0) is 4.79 Å². The maximum atomic E-state index is 12.7. The molecule has 5 nitrogen and oxygen atoms in total. The number of anilines is 1. The summed E-state index contributed by atoms with van der Waals surface area (Å²) in [7, 11) is 0. The molecule has 0 radical (unpaired) electrons. The van der Waals surface area contributed by atoms with Gasteiger partial charge in [0.05, 0.1) is 22.8 Å². The molecular weight excluding hydrogens is 344 g/mol. The molecule has 2 aromatic heterocycles. The zero-order valence-electron chi connectivity index (χ0n) is 14.8. The molecule has 3 heterocycles. The number of likely N-dealkylation sites (tertiary alicyclic amines) is 1. The second kappa shape index (κ2) is 7.43. The third-order valence-electron chi connectivity index (χ3n) is 4.86. The predicted octanol–water partition coefficient (Wildman–Crippen LogP) is 2.60. The van der Waals surface area contributed by atoms with Gasteiger partial charge in [0.25, 0.3) is 5.91 Å². The molecule has 1 aliphatic heterocycles. The first-order chi connectivity index (χ1) is 12.7. The fourth-order valence-electron chi connectivity index (χ4n) is 3.70. The maximum absolute atomic E-state index is 12.7. The number of benzene rings is 1. The van der Waals surface area contributed by atoms with E-state index in [1.54, 1.807) is 16.0 Å². The number of thiophene rings is 1. The number of amides is 1. The Morgan fingerprint density at radius 2 is 2.15 bits per heavy atom. The molecule has 2 N–H and O–H groups in total. The number of carbonyl (C=O) groups is 1. The van der Waals surface area contributed by atoms with Gasteiger partial charge in [0.1, 0.15) is 11.9 Å². The van der Waals surface area contributed by atoms with Gasteiger partial charge in [0.15, 0.2) is 6.54 Å². The molecule has 6 heteroatoms. The highest BCUT2D eigenvalue weighted by Gasteiger charge is 2.32. The van der Waals surface area contributed by atoms with Crippen molar-refractivity contribution < 1.29 is 9.69 Å². The fourth-order valence-corrected chi connectivity index (χ4v) is 4.62. The van der Waals surface area contributed by atoms with Crippen LogP contribution in [-0.4, -0.2) is 28.8 Å². The van der Waals surface area contributed by atoms with Crippen LogP contribution in [0, 0.1) is 6.92 Å². The number of nitrogens with one attached hydrogen (secondary N) is 2. The maximum Gasteiger partial charge on any atom is 0.280 e. The molecule has 0 saturated carbocycles. The molecule has 1 aromatic carbocycles. The lowest BCUT2D eigenvalue weighted by Crippen LogP contribution is -3.11. The minimum Gasteiger partial charge on any atom is -0.320 e. The van der Waals surface area contributed by atoms with Gasteiger partial charge in [-0.15, -0.1) is 11.3 Å². The molecule has 1 aliphatic rings. The molecule has 1 unspecified atom stereocenters. The van der Waals surface area contributed by atoms with Crippen LogP contribution in [0.5, 0.6) is 0 Å². The van der Waals surface area contributed by atoms with Gasteiger partial charge in [-0.1, -0.05) is 24.3 Å². The van der Waals surface area contributed by atoms with Crippen molar-refractivity contribution in [3.63, 3.8) is 0 Å². The van der Waals surface area contributed by atoms with E-state index >= 15 is 0 Å². The highest BCUT2D eigenvalue weighted by atomic mass is 32.1. The van der Waals surface area contributed by atoms with Crippen LogP contribution < -0.4 is 10.2 Å². The lowest BCUT2D eigenvalue weighted by Gasteiger charge is -2.20. The molecule has 134 valence electrons. The number of para-hydroxylation sites is 1. The number of aryl methyl sites for hydroxylation is 1. The number of hydrogen-bond acceptors (Lipinski definition) is 3. The van der Waals surface area contributed by atoms with E-state index in [0.717, 1.165) is 30.2 Å². The Morgan fingerprint density at radius 3 is 2.92 bits per heavy atom. The van der Waals surface area contributed by atoms with Crippen molar-refractivity contribution in [1.82, 2.24) is 9.78 Å². The first-order valence-corrected chi connectivity index (χ1v) is 9.88. The molecular formula is C20H23N4OS+. The Morgan fingerprint density at radius 1 is 1.31 bits per heavy atom. The molecule has 0 spiro atoms. The van der Waals surface area contributed by atoms with Crippen LogP contribution in [0.2, 0.25) is 0 Å². The van der Waals surface area contributed by atoms with E-state index < -0.39 is 0 Å². The summed E-state index contributed by atoms with van der Waals surface area (Å²) in [5.41, 5.74) is 1.83. The minimum atomic E-state index is 0.0422. The van der Waals surface area contributed by atoms with E-state index in [9.17, 15) is 4.79 Å². The van der Waals surface area contributed by atoms with Crippen molar-refractivity contribution in [1.29, 1.82) is 0 Å². The number of rotatable bonds is 5. The molecule has 1 fully saturated rings. The summed E-state index contributed by atoms with van der Waals surface area (Å²) < 4.78 is 1.79. The van der Waals surface area contributed by atoms with Crippen LogP contribution in [0.15, 0.2) is 53.9 Å².